The number of rotatable bonds is 5. The zero-order chi connectivity index (χ0) is 19.2. The Bertz CT molecular complexity index is 705. The predicted molar refractivity (Wildman–Crippen MR) is 96.0 cm³/mol. The van der Waals surface area contributed by atoms with Crippen LogP contribution >= 0.6 is 11.3 Å². The molecular weight excluding hydrogens is 365 g/mol. The predicted octanol–water partition coefficient (Wildman–Crippen LogP) is 3.30. The highest BCUT2D eigenvalue weighted by atomic mass is 32.1. The van der Waals surface area contributed by atoms with Gasteiger partial charge in [0, 0.05) is 25.0 Å². The second-order valence-electron chi connectivity index (χ2n) is 6.07. The van der Waals surface area contributed by atoms with Crippen molar-refractivity contribution in [3.63, 3.8) is 0 Å². The van der Waals surface area contributed by atoms with E-state index in [4.69, 9.17) is 0 Å². The second-order valence-corrected chi connectivity index (χ2v) is 7.36. The molecule has 0 saturated carbocycles. The first-order chi connectivity index (χ1) is 12.3. The molecule has 144 valence electrons. The summed E-state index contributed by atoms with van der Waals surface area (Å²) in [6.45, 7) is 6.13. The van der Waals surface area contributed by atoms with Crippen LogP contribution in [0, 0.1) is 6.92 Å². The summed E-state index contributed by atoms with van der Waals surface area (Å²) in [5.74, 6) is 0. The fraction of sp³-hybridized carbons (Fsp3) is 0.529. The number of aromatic nitrogens is 2. The van der Waals surface area contributed by atoms with Gasteiger partial charge < -0.3 is 10.2 Å². The lowest BCUT2D eigenvalue weighted by Gasteiger charge is -2.12. The molecule has 1 aliphatic heterocycles. The summed E-state index contributed by atoms with van der Waals surface area (Å²) < 4.78 is 38.4. The number of thiophene rings is 1. The lowest BCUT2D eigenvalue weighted by molar-refractivity contribution is -0.143. The number of aryl methyl sites for hydroxylation is 2. The van der Waals surface area contributed by atoms with E-state index < -0.39 is 11.9 Å². The summed E-state index contributed by atoms with van der Waals surface area (Å²) in [5.41, 5.74) is -0.360. The highest BCUT2D eigenvalue weighted by Gasteiger charge is 2.35. The summed E-state index contributed by atoms with van der Waals surface area (Å²) in [4.78, 5) is 14.0. The van der Waals surface area contributed by atoms with Gasteiger partial charge in [-0.3, -0.25) is 9.48 Å². The number of carbonyl (C=O) groups is 1. The van der Waals surface area contributed by atoms with Gasteiger partial charge in [-0.05, 0) is 51.1 Å². The Hall–Kier alpha value is -1.87. The lowest BCUT2D eigenvalue weighted by Crippen LogP contribution is -2.29. The van der Waals surface area contributed by atoms with Gasteiger partial charge in [0.2, 0.25) is 6.41 Å². The highest BCUT2D eigenvalue weighted by molar-refractivity contribution is 7.15. The number of likely N-dealkylation sites (tertiary alicyclic amines) is 1. The molecule has 9 heteroatoms. The Morgan fingerprint density at radius 2 is 2.00 bits per heavy atom. The average Bonchev–Trinajstić information content (AvgIpc) is 3.28. The third kappa shape index (κ3) is 5.84. The zero-order valence-corrected chi connectivity index (χ0v) is 15.7. The van der Waals surface area contributed by atoms with Crippen molar-refractivity contribution in [2.24, 2.45) is 7.05 Å². The maximum Gasteiger partial charge on any atom is 0.433 e. The molecule has 5 nitrogen and oxygen atoms in total. The van der Waals surface area contributed by atoms with Crippen molar-refractivity contribution >= 4 is 17.7 Å². The lowest BCUT2D eigenvalue weighted by atomic mass is 10.3. The summed E-state index contributed by atoms with van der Waals surface area (Å²) in [6, 6.07) is 4.72. The molecule has 1 saturated heterocycles. The Balaban J connectivity index is 0.000000209. The Labute approximate surface area is 154 Å². The van der Waals surface area contributed by atoms with Crippen molar-refractivity contribution in [2.45, 2.75) is 25.9 Å². The maximum atomic E-state index is 12.5. The topological polar surface area (TPSA) is 50.2 Å². The van der Waals surface area contributed by atoms with E-state index in [2.05, 4.69) is 15.3 Å². The SMILES string of the molecule is Cc1ccc(-c2cc(C(F)(F)F)n(C)n2)s1.O=CNCCN1CCCC1. The van der Waals surface area contributed by atoms with Crippen molar-refractivity contribution in [3.05, 3.63) is 28.8 Å². The molecule has 3 heterocycles. The molecule has 3 rings (SSSR count). The molecular formula is C17H23F3N4OS. The van der Waals surface area contributed by atoms with E-state index in [-0.39, 0.29) is 0 Å². The normalized spacial score (nSPS) is 14.8. The number of hydrogen-bond donors (Lipinski definition) is 1. The van der Waals surface area contributed by atoms with Crippen LogP contribution < -0.4 is 5.32 Å². The van der Waals surface area contributed by atoms with Crippen molar-refractivity contribution in [3.8, 4) is 10.6 Å². The summed E-state index contributed by atoms with van der Waals surface area (Å²) in [6.07, 6.45) is -0.954. The number of carbonyl (C=O) groups excluding carboxylic acids is 1. The molecule has 0 spiro atoms. The molecule has 26 heavy (non-hydrogen) atoms. The number of halogens is 3. The summed E-state index contributed by atoms with van der Waals surface area (Å²) in [7, 11) is 1.30. The minimum atomic E-state index is -4.35. The minimum absolute atomic E-state index is 0.368. The van der Waals surface area contributed by atoms with Gasteiger partial charge in [0.1, 0.15) is 11.4 Å². The van der Waals surface area contributed by atoms with Gasteiger partial charge >= 0.3 is 6.18 Å². The van der Waals surface area contributed by atoms with Gasteiger partial charge in [-0.15, -0.1) is 11.3 Å². The van der Waals surface area contributed by atoms with Crippen molar-refractivity contribution < 1.29 is 18.0 Å². The van der Waals surface area contributed by atoms with E-state index in [0.29, 0.717) is 5.69 Å². The quantitative estimate of drug-likeness (QED) is 0.632. The standard InChI is InChI=1S/C10H9F3N2S.C7H14N2O/c1-6-3-4-8(16-6)7-5-9(10(11,12)13)15(2)14-7;10-7-8-3-6-9-4-1-2-5-9/h3-5H,1-2H3;7H,1-6H2,(H,8,10). The summed E-state index contributed by atoms with van der Waals surface area (Å²) in [5, 5.41) is 6.52. The van der Waals surface area contributed by atoms with Crippen LogP contribution in [0.1, 0.15) is 23.4 Å². The van der Waals surface area contributed by atoms with Gasteiger partial charge in [0.25, 0.3) is 0 Å². The molecule has 0 aliphatic carbocycles. The first kappa shape index (κ1) is 20.4. The van der Waals surface area contributed by atoms with Gasteiger partial charge in [0.05, 0.1) is 4.88 Å². The van der Waals surface area contributed by atoms with Crippen LogP contribution in [0.3, 0.4) is 0 Å². The van der Waals surface area contributed by atoms with Crippen LogP contribution in [0.5, 0.6) is 0 Å². The van der Waals surface area contributed by atoms with Crippen molar-refractivity contribution in [1.82, 2.24) is 20.0 Å². The van der Waals surface area contributed by atoms with E-state index >= 15 is 0 Å². The third-order valence-corrected chi connectivity index (χ3v) is 5.04. The van der Waals surface area contributed by atoms with Crippen LogP contribution in [0.2, 0.25) is 0 Å². The molecule has 0 radical (unpaired) electrons. The van der Waals surface area contributed by atoms with Crippen molar-refractivity contribution in [2.75, 3.05) is 26.2 Å². The third-order valence-electron chi connectivity index (χ3n) is 4.02. The first-order valence-corrected chi connectivity index (χ1v) is 9.20. The number of alkyl halides is 3. The average molecular weight is 388 g/mol. The van der Waals surface area contributed by atoms with Crippen LogP contribution in [-0.2, 0) is 18.0 Å². The van der Waals surface area contributed by atoms with E-state index in [1.807, 2.05) is 13.0 Å². The number of amides is 1. The maximum absolute atomic E-state index is 12.5. The molecule has 1 N–H and O–H groups in total. The van der Waals surface area contributed by atoms with Crippen LogP contribution in [0.4, 0.5) is 13.2 Å². The molecule has 2 aromatic rings. The largest absolute Gasteiger partial charge is 0.433 e. The van der Waals surface area contributed by atoms with Crippen LogP contribution in [-0.4, -0.2) is 47.3 Å². The Morgan fingerprint density at radius 1 is 1.31 bits per heavy atom. The Kier molecular flexibility index (Phi) is 7.22. The molecule has 1 aliphatic rings. The number of hydrogen-bond acceptors (Lipinski definition) is 4. The molecule has 0 bridgehead atoms. The molecule has 0 unspecified atom stereocenters. The smallest absolute Gasteiger partial charge is 0.357 e. The highest BCUT2D eigenvalue weighted by Crippen LogP contribution is 2.33. The van der Waals surface area contributed by atoms with Gasteiger partial charge in [0.15, 0.2) is 0 Å². The molecule has 0 atom stereocenters. The molecule has 1 fully saturated rings. The second kappa shape index (κ2) is 9.18. The fourth-order valence-electron chi connectivity index (χ4n) is 2.71. The van der Waals surface area contributed by atoms with Crippen LogP contribution in [0.15, 0.2) is 18.2 Å². The van der Waals surface area contributed by atoms with Gasteiger partial charge in [-0.25, -0.2) is 0 Å². The van der Waals surface area contributed by atoms with Gasteiger partial charge in [-0.2, -0.15) is 18.3 Å². The Morgan fingerprint density at radius 3 is 2.50 bits per heavy atom. The molecule has 0 aromatic carbocycles. The minimum Gasteiger partial charge on any atom is -0.357 e. The first-order valence-electron chi connectivity index (χ1n) is 8.38. The summed E-state index contributed by atoms with van der Waals surface area (Å²) >= 11 is 1.43. The van der Waals surface area contributed by atoms with E-state index in [1.54, 1.807) is 6.07 Å². The molecule has 1 amide bonds. The van der Waals surface area contributed by atoms with Crippen LogP contribution in [0.25, 0.3) is 10.6 Å². The number of nitrogens with zero attached hydrogens (tertiary/aromatic N) is 3. The fourth-order valence-corrected chi connectivity index (χ4v) is 3.54. The zero-order valence-electron chi connectivity index (χ0n) is 14.8. The van der Waals surface area contributed by atoms with E-state index in [9.17, 15) is 18.0 Å². The van der Waals surface area contributed by atoms with Gasteiger partial charge in [-0.1, -0.05) is 0 Å². The van der Waals surface area contributed by atoms with E-state index in [0.717, 1.165) is 40.0 Å². The monoisotopic (exact) mass is 388 g/mol. The number of nitrogens with one attached hydrogen (secondary N) is 1. The molecule has 2 aromatic heterocycles. The van der Waals surface area contributed by atoms with E-state index in [1.165, 1.54) is 44.3 Å². The van der Waals surface area contributed by atoms with Crippen molar-refractivity contribution in [1.29, 1.82) is 0 Å².